The average Bonchev–Trinajstić information content (AvgIpc) is 2.88. The van der Waals surface area contributed by atoms with Gasteiger partial charge in [0.25, 0.3) is 0 Å². The highest BCUT2D eigenvalue weighted by Gasteiger charge is 2.73. The summed E-state index contributed by atoms with van der Waals surface area (Å²) in [6, 6.07) is 4.21. The van der Waals surface area contributed by atoms with Crippen LogP contribution < -0.4 is 10.9 Å². The fraction of sp³-hybridized carbons (Fsp3) is 0.609. The Hall–Kier alpha value is -2.01. The number of carbonyl (C=O) groups excluding carboxylic acids is 1. The normalized spacial score (nSPS) is 27.9. The first-order valence-electron chi connectivity index (χ1n) is 10.2. The topological polar surface area (TPSA) is 66.9 Å². The molecule has 2 N–H and O–H groups in total. The summed E-state index contributed by atoms with van der Waals surface area (Å²) in [4.78, 5) is 23.8. The third-order valence-electron chi connectivity index (χ3n) is 7.59. The minimum absolute atomic E-state index is 0.00684. The van der Waals surface area contributed by atoms with Gasteiger partial charge in [0.1, 0.15) is 5.41 Å². The molecule has 0 aliphatic heterocycles. The van der Waals surface area contributed by atoms with Gasteiger partial charge in [0.2, 0.25) is 5.91 Å². The van der Waals surface area contributed by atoms with Crippen LogP contribution in [-0.2, 0) is 15.6 Å². The van der Waals surface area contributed by atoms with Crippen molar-refractivity contribution in [1.82, 2.24) is 20.8 Å². The average molecular weight is 381 g/mol. The maximum atomic E-state index is 13.6. The number of nitrogens with one attached hydrogen (secondary N) is 2. The second kappa shape index (κ2) is 5.53. The summed E-state index contributed by atoms with van der Waals surface area (Å²) < 4.78 is 0. The second-order valence-corrected chi connectivity index (χ2v) is 10.5. The van der Waals surface area contributed by atoms with Gasteiger partial charge in [-0.1, -0.05) is 20.8 Å². The predicted octanol–water partition coefficient (Wildman–Crippen LogP) is 4.00. The fourth-order valence-corrected chi connectivity index (χ4v) is 5.21. The molecular formula is C23H32N4O. The van der Waals surface area contributed by atoms with Crippen LogP contribution in [0.2, 0.25) is 0 Å². The van der Waals surface area contributed by atoms with Crippen molar-refractivity contribution in [2.24, 2.45) is 5.41 Å². The molecule has 1 aromatic heterocycles. The Labute approximate surface area is 167 Å². The van der Waals surface area contributed by atoms with Crippen LogP contribution in [0.25, 0.3) is 11.0 Å². The van der Waals surface area contributed by atoms with Crippen LogP contribution in [0.1, 0.15) is 76.9 Å². The third kappa shape index (κ3) is 2.25. The first-order valence-corrected chi connectivity index (χ1v) is 10.2. The van der Waals surface area contributed by atoms with E-state index in [-0.39, 0.29) is 22.3 Å². The van der Waals surface area contributed by atoms with E-state index in [1.165, 1.54) is 11.1 Å². The van der Waals surface area contributed by atoms with Crippen LogP contribution in [0.5, 0.6) is 0 Å². The highest BCUT2D eigenvalue weighted by atomic mass is 16.2. The molecule has 0 saturated heterocycles. The highest BCUT2D eigenvalue weighted by Crippen LogP contribution is 2.70. The number of aromatic nitrogens is 2. The molecule has 28 heavy (non-hydrogen) atoms. The van der Waals surface area contributed by atoms with Gasteiger partial charge in [-0.15, -0.1) is 0 Å². The molecule has 2 atom stereocenters. The van der Waals surface area contributed by atoms with Crippen molar-refractivity contribution in [1.29, 1.82) is 0 Å². The van der Waals surface area contributed by atoms with Crippen LogP contribution >= 0.6 is 0 Å². The summed E-state index contributed by atoms with van der Waals surface area (Å²) in [5.74, 6) is 0.00684. The lowest BCUT2D eigenvalue weighted by Crippen LogP contribution is -2.58. The standard InChI is InChI=1S/C23H32N4O/c1-13-11-15-16(12-14(13)2)25-18-17(24-15)22(8)9-10-23(18,21(22,6)7)19(28)26-27-20(3,4)5/h11-12,27H,9-10H2,1-8H3,(H,26,28). The number of benzene rings is 1. The number of fused-ring (bicyclic) bond motifs is 6. The first-order chi connectivity index (χ1) is 12.8. The van der Waals surface area contributed by atoms with E-state index in [0.29, 0.717) is 0 Å². The molecule has 5 nitrogen and oxygen atoms in total. The number of hydrogen-bond donors (Lipinski definition) is 2. The summed E-state index contributed by atoms with van der Waals surface area (Å²) in [6.07, 6.45) is 1.74. The summed E-state index contributed by atoms with van der Waals surface area (Å²) >= 11 is 0. The van der Waals surface area contributed by atoms with Gasteiger partial charge in [-0.3, -0.25) is 10.2 Å². The number of rotatable bonds is 2. The molecule has 2 aliphatic rings. The van der Waals surface area contributed by atoms with E-state index in [1.807, 2.05) is 20.8 Å². The summed E-state index contributed by atoms with van der Waals surface area (Å²) in [6.45, 7) is 17.0. The van der Waals surface area contributed by atoms with Crippen molar-refractivity contribution < 1.29 is 4.79 Å². The Bertz CT molecular complexity index is 1000. The Morgan fingerprint density at radius 2 is 1.50 bits per heavy atom. The van der Waals surface area contributed by atoms with Crippen LogP contribution in [0.15, 0.2) is 12.1 Å². The number of amides is 1. The second-order valence-electron chi connectivity index (χ2n) is 10.5. The molecule has 1 fully saturated rings. The van der Waals surface area contributed by atoms with Crippen molar-refractivity contribution in [3.05, 3.63) is 34.6 Å². The van der Waals surface area contributed by atoms with Crippen molar-refractivity contribution >= 4 is 16.9 Å². The quantitative estimate of drug-likeness (QED) is 0.773. The van der Waals surface area contributed by atoms with Crippen LogP contribution in [0.4, 0.5) is 0 Å². The van der Waals surface area contributed by atoms with E-state index in [1.54, 1.807) is 0 Å². The maximum absolute atomic E-state index is 13.6. The van der Waals surface area contributed by atoms with Gasteiger partial charge >= 0.3 is 0 Å². The Balaban J connectivity index is 1.93. The lowest BCUT2D eigenvalue weighted by Gasteiger charge is -2.40. The molecule has 2 bridgehead atoms. The van der Waals surface area contributed by atoms with Gasteiger partial charge in [-0.05, 0) is 76.1 Å². The highest BCUT2D eigenvalue weighted by molar-refractivity contribution is 5.92. The Morgan fingerprint density at radius 3 is 2.04 bits per heavy atom. The Morgan fingerprint density at radius 1 is 0.964 bits per heavy atom. The molecule has 2 aliphatic carbocycles. The predicted molar refractivity (Wildman–Crippen MR) is 112 cm³/mol. The largest absolute Gasteiger partial charge is 0.290 e. The molecule has 0 spiro atoms. The van der Waals surface area contributed by atoms with Gasteiger partial charge in [-0.25, -0.2) is 15.4 Å². The maximum Gasteiger partial charge on any atom is 0.247 e. The van der Waals surface area contributed by atoms with Crippen molar-refractivity contribution in [2.45, 2.75) is 84.6 Å². The molecule has 1 heterocycles. The number of hydrazine groups is 1. The number of carbonyl (C=O) groups is 1. The van der Waals surface area contributed by atoms with Crippen molar-refractivity contribution in [3.8, 4) is 0 Å². The van der Waals surface area contributed by atoms with Crippen LogP contribution in [0.3, 0.4) is 0 Å². The molecule has 1 aromatic carbocycles. The van der Waals surface area contributed by atoms with Crippen molar-refractivity contribution in [3.63, 3.8) is 0 Å². The molecule has 5 heteroatoms. The van der Waals surface area contributed by atoms with Gasteiger partial charge < -0.3 is 0 Å². The van der Waals surface area contributed by atoms with E-state index >= 15 is 0 Å². The smallest absolute Gasteiger partial charge is 0.247 e. The zero-order valence-corrected chi connectivity index (χ0v) is 18.4. The van der Waals surface area contributed by atoms with Gasteiger partial charge in [0.05, 0.1) is 22.4 Å². The van der Waals surface area contributed by atoms with E-state index in [0.717, 1.165) is 35.3 Å². The third-order valence-corrected chi connectivity index (χ3v) is 7.59. The SMILES string of the molecule is Cc1cc2nc3c(nc2cc1C)C1(C(=O)NNC(C)(C)C)CCC3(C)C1(C)C. The number of nitrogens with zero attached hydrogens (tertiary/aromatic N) is 2. The molecule has 2 unspecified atom stereocenters. The van der Waals surface area contributed by atoms with Gasteiger partial charge in [-0.2, -0.15) is 0 Å². The lowest BCUT2D eigenvalue weighted by molar-refractivity contribution is -0.132. The number of aryl methyl sites for hydroxylation is 2. The van der Waals surface area contributed by atoms with Gasteiger partial charge in [0.15, 0.2) is 0 Å². The summed E-state index contributed by atoms with van der Waals surface area (Å²) in [5, 5.41) is 0. The minimum atomic E-state index is -0.671. The molecule has 2 aromatic rings. The van der Waals surface area contributed by atoms with E-state index in [4.69, 9.17) is 9.97 Å². The number of hydrogen-bond acceptors (Lipinski definition) is 4. The molecule has 1 saturated carbocycles. The van der Waals surface area contributed by atoms with E-state index < -0.39 is 5.41 Å². The monoisotopic (exact) mass is 380 g/mol. The summed E-state index contributed by atoms with van der Waals surface area (Å²) in [5.41, 5.74) is 11.0. The van der Waals surface area contributed by atoms with E-state index in [9.17, 15) is 4.79 Å². The molecular weight excluding hydrogens is 348 g/mol. The minimum Gasteiger partial charge on any atom is -0.290 e. The molecule has 1 amide bonds. The van der Waals surface area contributed by atoms with E-state index in [2.05, 4.69) is 57.6 Å². The molecule has 150 valence electrons. The first kappa shape index (κ1) is 19.3. The Kier molecular flexibility index (Phi) is 3.82. The zero-order chi connectivity index (χ0) is 20.7. The lowest BCUT2D eigenvalue weighted by atomic mass is 9.63. The molecule has 0 radical (unpaired) electrons. The zero-order valence-electron chi connectivity index (χ0n) is 18.4. The van der Waals surface area contributed by atoms with Crippen LogP contribution in [0, 0.1) is 19.3 Å². The fourth-order valence-electron chi connectivity index (χ4n) is 5.21. The summed E-state index contributed by atoms with van der Waals surface area (Å²) in [7, 11) is 0. The molecule has 4 rings (SSSR count). The van der Waals surface area contributed by atoms with Gasteiger partial charge in [0, 0.05) is 11.0 Å². The van der Waals surface area contributed by atoms with Crippen molar-refractivity contribution in [2.75, 3.05) is 0 Å². The van der Waals surface area contributed by atoms with Crippen LogP contribution in [-0.4, -0.2) is 21.4 Å².